The van der Waals surface area contributed by atoms with Crippen molar-refractivity contribution in [1.82, 2.24) is 0 Å². The third-order valence-electron chi connectivity index (χ3n) is 1.12. The lowest BCUT2D eigenvalue weighted by atomic mass is 10.3. The molecular weight excluding hydrogens is 213 g/mol. The van der Waals surface area contributed by atoms with Crippen LogP contribution in [0.15, 0.2) is 11.4 Å². The predicted octanol–water partition coefficient (Wildman–Crippen LogP) is 3.95. The first-order valence-electron chi connectivity index (χ1n) is 2.78. The van der Waals surface area contributed by atoms with E-state index < -0.39 is 11.8 Å². The Hall–Kier alpha value is 0.140. The number of alkyl halides is 3. The van der Waals surface area contributed by atoms with Crippen molar-refractivity contribution in [3.63, 3.8) is 0 Å². The molecule has 0 aliphatic rings. The van der Waals surface area contributed by atoms with Gasteiger partial charge in [-0.15, -0.1) is 22.9 Å². The van der Waals surface area contributed by atoms with Gasteiger partial charge in [0.1, 0.15) is 5.38 Å². The molecule has 1 aromatic rings. The van der Waals surface area contributed by atoms with Crippen LogP contribution in [0.5, 0.6) is 0 Å². The Labute approximate surface area is 76.7 Å². The summed E-state index contributed by atoms with van der Waals surface area (Å²) in [5, 5.41) is 0.674. The van der Waals surface area contributed by atoms with Gasteiger partial charge in [-0.05, 0) is 11.4 Å². The molecule has 0 N–H and O–H groups in total. The average Bonchev–Trinajstić information content (AvgIpc) is 2.33. The SMILES string of the molecule is FC(F)C(Cl)c1sccc1Cl. The van der Waals surface area contributed by atoms with Gasteiger partial charge in [0.15, 0.2) is 0 Å². The Balaban J connectivity index is 2.84. The quantitative estimate of drug-likeness (QED) is 0.658. The second kappa shape index (κ2) is 3.70. The van der Waals surface area contributed by atoms with Gasteiger partial charge in [-0.25, -0.2) is 8.78 Å². The van der Waals surface area contributed by atoms with Crippen LogP contribution in [0, 0.1) is 0 Å². The third kappa shape index (κ3) is 2.04. The van der Waals surface area contributed by atoms with Gasteiger partial charge in [0, 0.05) is 4.88 Å². The maximum absolute atomic E-state index is 12.0. The van der Waals surface area contributed by atoms with Crippen LogP contribution in [-0.2, 0) is 0 Å². The van der Waals surface area contributed by atoms with E-state index in [9.17, 15) is 8.78 Å². The van der Waals surface area contributed by atoms with Crippen molar-refractivity contribution in [2.24, 2.45) is 0 Å². The normalized spacial score (nSPS) is 13.9. The highest BCUT2D eigenvalue weighted by Gasteiger charge is 2.22. The van der Waals surface area contributed by atoms with E-state index in [0.717, 1.165) is 11.3 Å². The fourth-order valence-corrected chi connectivity index (χ4v) is 2.10. The number of halogens is 4. The van der Waals surface area contributed by atoms with Crippen LogP contribution < -0.4 is 0 Å². The second-order valence-corrected chi connectivity index (χ2v) is 3.69. The van der Waals surface area contributed by atoms with Crippen LogP contribution in [-0.4, -0.2) is 6.43 Å². The summed E-state index contributed by atoms with van der Waals surface area (Å²) in [7, 11) is 0. The van der Waals surface area contributed by atoms with Crippen LogP contribution in [0.3, 0.4) is 0 Å². The van der Waals surface area contributed by atoms with Crippen molar-refractivity contribution in [3.05, 3.63) is 21.3 Å². The molecule has 0 nitrogen and oxygen atoms in total. The Morgan fingerprint density at radius 1 is 1.45 bits per heavy atom. The highest BCUT2D eigenvalue weighted by atomic mass is 35.5. The molecule has 1 heterocycles. The van der Waals surface area contributed by atoms with Crippen LogP contribution in [0.25, 0.3) is 0 Å². The lowest BCUT2D eigenvalue weighted by Crippen LogP contribution is -1.99. The summed E-state index contributed by atoms with van der Waals surface area (Å²) in [6.07, 6.45) is -2.56. The van der Waals surface area contributed by atoms with Crippen LogP contribution in [0.2, 0.25) is 5.02 Å². The van der Waals surface area contributed by atoms with Crippen molar-refractivity contribution in [2.45, 2.75) is 11.8 Å². The highest BCUT2D eigenvalue weighted by Crippen LogP contribution is 2.36. The first kappa shape index (κ1) is 9.23. The molecule has 62 valence electrons. The molecule has 0 saturated heterocycles. The monoisotopic (exact) mass is 216 g/mol. The van der Waals surface area contributed by atoms with Gasteiger partial charge in [-0.3, -0.25) is 0 Å². The van der Waals surface area contributed by atoms with Crippen LogP contribution in [0.4, 0.5) is 8.78 Å². The van der Waals surface area contributed by atoms with Crippen LogP contribution >= 0.6 is 34.5 Å². The summed E-state index contributed by atoms with van der Waals surface area (Å²) in [5.41, 5.74) is 0. The molecule has 11 heavy (non-hydrogen) atoms. The molecule has 0 aliphatic carbocycles. The molecule has 0 spiro atoms. The van der Waals surface area contributed by atoms with E-state index in [1.54, 1.807) is 11.4 Å². The van der Waals surface area contributed by atoms with Gasteiger partial charge in [0.2, 0.25) is 0 Å². The minimum absolute atomic E-state index is 0.315. The van der Waals surface area contributed by atoms with Gasteiger partial charge < -0.3 is 0 Å². The second-order valence-electron chi connectivity index (χ2n) is 1.87. The van der Waals surface area contributed by atoms with Gasteiger partial charge in [-0.2, -0.15) is 0 Å². The number of hydrogen-bond acceptors (Lipinski definition) is 1. The molecule has 5 heteroatoms. The summed E-state index contributed by atoms with van der Waals surface area (Å²) in [6, 6.07) is 1.55. The molecule has 1 aromatic heterocycles. The van der Waals surface area contributed by atoms with E-state index in [1.807, 2.05) is 0 Å². The minimum atomic E-state index is -2.56. The average molecular weight is 217 g/mol. The fourth-order valence-electron chi connectivity index (χ4n) is 0.617. The van der Waals surface area contributed by atoms with Gasteiger partial charge in [0.05, 0.1) is 5.02 Å². The summed E-state index contributed by atoms with van der Waals surface area (Å²) in [5.74, 6) is 0. The number of thiophene rings is 1. The maximum atomic E-state index is 12.0. The first-order valence-corrected chi connectivity index (χ1v) is 4.47. The molecule has 0 fully saturated rings. The maximum Gasteiger partial charge on any atom is 0.259 e. The van der Waals surface area contributed by atoms with Gasteiger partial charge >= 0.3 is 0 Å². The van der Waals surface area contributed by atoms with Crippen molar-refractivity contribution in [1.29, 1.82) is 0 Å². The molecular formula is C6H4Cl2F2S. The fraction of sp³-hybridized carbons (Fsp3) is 0.333. The summed E-state index contributed by atoms with van der Waals surface area (Å²) in [6.45, 7) is 0. The van der Waals surface area contributed by atoms with Crippen molar-refractivity contribution in [2.75, 3.05) is 0 Å². The molecule has 0 bridgehead atoms. The molecule has 0 aliphatic heterocycles. The zero-order chi connectivity index (χ0) is 8.43. The lowest BCUT2D eigenvalue weighted by molar-refractivity contribution is 0.144. The minimum Gasteiger partial charge on any atom is -0.208 e. The highest BCUT2D eigenvalue weighted by molar-refractivity contribution is 7.11. The zero-order valence-corrected chi connectivity index (χ0v) is 7.56. The Bertz CT molecular complexity index is 236. The molecule has 0 amide bonds. The molecule has 0 aromatic carbocycles. The van der Waals surface area contributed by atoms with Gasteiger partial charge in [0.25, 0.3) is 6.43 Å². The van der Waals surface area contributed by atoms with E-state index in [2.05, 4.69) is 0 Å². The summed E-state index contributed by atoms with van der Waals surface area (Å²) >= 11 is 12.1. The topological polar surface area (TPSA) is 0 Å². The number of rotatable bonds is 2. The molecule has 1 atom stereocenters. The van der Waals surface area contributed by atoms with Gasteiger partial charge in [-0.1, -0.05) is 11.6 Å². The van der Waals surface area contributed by atoms with Crippen LogP contribution in [0.1, 0.15) is 10.3 Å². The molecule has 0 radical (unpaired) electrons. The van der Waals surface area contributed by atoms with E-state index in [4.69, 9.17) is 23.2 Å². The zero-order valence-electron chi connectivity index (χ0n) is 5.23. The lowest BCUT2D eigenvalue weighted by Gasteiger charge is -2.04. The van der Waals surface area contributed by atoms with Crippen molar-refractivity contribution >= 4 is 34.5 Å². The van der Waals surface area contributed by atoms with E-state index >= 15 is 0 Å². The summed E-state index contributed by atoms with van der Waals surface area (Å²) in [4.78, 5) is 0.336. The number of hydrogen-bond donors (Lipinski definition) is 0. The first-order chi connectivity index (χ1) is 5.13. The van der Waals surface area contributed by atoms with E-state index in [1.165, 1.54) is 0 Å². The largest absolute Gasteiger partial charge is 0.259 e. The van der Waals surface area contributed by atoms with Crippen molar-refractivity contribution < 1.29 is 8.78 Å². The Morgan fingerprint density at radius 2 is 2.09 bits per heavy atom. The smallest absolute Gasteiger partial charge is 0.208 e. The standard InChI is InChI=1S/C6H4Cl2F2S/c7-3-1-2-11-5(3)4(8)6(9)10/h1-2,4,6H. The van der Waals surface area contributed by atoms with Crippen molar-refractivity contribution in [3.8, 4) is 0 Å². The molecule has 0 saturated carbocycles. The van der Waals surface area contributed by atoms with E-state index in [0.29, 0.717) is 9.90 Å². The Morgan fingerprint density at radius 3 is 2.45 bits per heavy atom. The molecule has 1 rings (SSSR count). The third-order valence-corrected chi connectivity index (χ3v) is 3.10. The molecule has 1 unspecified atom stereocenters. The van der Waals surface area contributed by atoms with E-state index in [-0.39, 0.29) is 0 Å². The summed E-state index contributed by atoms with van der Waals surface area (Å²) < 4.78 is 24.0. The Kier molecular flexibility index (Phi) is 3.10. The predicted molar refractivity (Wildman–Crippen MR) is 43.9 cm³/mol.